The Morgan fingerprint density at radius 2 is 0.524 bits per heavy atom. The first kappa shape index (κ1) is 58.8. The molecule has 370 valence electrons. The molecule has 15 nitrogen and oxygen atoms in total. The topological polar surface area (TPSA) is 146 Å². The van der Waals surface area contributed by atoms with Gasteiger partial charge in [-0.3, -0.25) is 4.79 Å². The van der Waals surface area contributed by atoms with Gasteiger partial charge in [-0.1, -0.05) is 51.9 Å². The van der Waals surface area contributed by atoms with Crippen molar-refractivity contribution in [3.8, 4) is 5.75 Å². The Bertz CT molecular complexity index is 1170. The molecule has 0 aliphatic carbocycles. The monoisotopic (exact) mass is 924 g/mol. The number of carbonyl (C=O) groups excluding carboxylic acids is 1. The molecule has 0 N–H and O–H groups in total. The molecule has 0 unspecified atom stereocenters. The van der Waals surface area contributed by atoms with Gasteiger partial charge in [0.25, 0.3) is 0 Å². The van der Waals surface area contributed by atoms with Crippen LogP contribution < -0.4 is 4.74 Å². The number of rotatable bonds is 49. The fourth-order valence-electron chi connectivity index (χ4n) is 5.07. The van der Waals surface area contributed by atoms with Crippen LogP contribution in [0.1, 0.15) is 64.7 Å². The predicted molar refractivity (Wildman–Crippen MR) is 220 cm³/mol. The minimum Gasteiger partial charge on any atom is -0.420 e. The highest BCUT2D eigenvalue weighted by atomic mass is 19.2. The average Bonchev–Trinajstić information content (AvgIpc) is 3.28. The summed E-state index contributed by atoms with van der Waals surface area (Å²) in [5.41, 5.74) is 0. The molecule has 0 amide bonds. The molecular weight excluding hydrogens is 851 g/mol. The first-order chi connectivity index (χ1) is 30.9. The largest absolute Gasteiger partial charge is 0.420 e. The van der Waals surface area contributed by atoms with Gasteiger partial charge in [-0.15, -0.1) is 0 Å². The third-order valence-corrected chi connectivity index (χ3v) is 8.44. The maximum absolute atomic E-state index is 13.6. The van der Waals surface area contributed by atoms with Gasteiger partial charge in [0.05, 0.1) is 172 Å². The maximum Gasteiger partial charge on any atom is 0.313 e. The van der Waals surface area contributed by atoms with E-state index in [1.54, 1.807) is 0 Å². The molecule has 0 heterocycles. The van der Waals surface area contributed by atoms with Gasteiger partial charge >= 0.3 is 5.97 Å². The van der Waals surface area contributed by atoms with Crippen LogP contribution in [-0.4, -0.2) is 178 Å². The number of hydrogen-bond donors (Lipinski definition) is 0. The molecule has 63 heavy (non-hydrogen) atoms. The SMILES string of the molecule is CCCCCCCCCCOCCOCCOCCOCCOCCOCCOCCOCCOCCOCCOCCOCCOCCC(=O)Oc1c(F)c(F)c(F)c(F)c1F. The summed E-state index contributed by atoms with van der Waals surface area (Å²) < 4.78 is 142. The van der Waals surface area contributed by atoms with Crippen LogP contribution in [0.3, 0.4) is 0 Å². The number of benzene rings is 1. The Labute approximate surface area is 370 Å². The van der Waals surface area contributed by atoms with E-state index in [-0.39, 0.29) is 26.4 Å². The lowest BCUT2D eigenvalue weighted by molar-refractivity contribution is -0.136. The molecule has 0 radical (unpaired) electrons. The van der Waals surface area contributed by atoms with E-state index in [2.05, 4.69) is 11.7 Å². The number of carbonyl (C=O) groups is 1. The molecule has 0 bridgehead atoms. The number of esters is 1. The summed E-state index contributed by atoms with van der Waals surface area (Å²) >= 11 is 0. The van der Waals surface area contributed by atoms with E-state index in [1.165, 1.54) is 44.9 Å². The van der Waals surface area contributed by atoms with Crippen molar-refractivity contribution < 1.29 is 93.1 Å². The zero-order valence-electron chi connectivity index (χ0n) is 37.3. The van der Waals surface area contributed by atoms with Crippen molar-refractivity contribution in [2.45, 2.75) is 64.7 Å². The van der Waals surface area contributed by atoms with Crippen LogP contribution in [0.4, 0.5) is 22.0 Å². The van der Waals surface area contributed by atoms with E-state index in [0.717, 1.165) is 13.0 Å². The Morgan fingerprint density at radius 1 is 0.302 bits per heavy atom. The molecule has 1 aromatic rings. The minimum atomic E-state index is -2.35. The van der Waals surface area contributed by atoms with Crippen molar-refractivity contribution in [2.24, 2.45) is 0 Å². The maximum atomic E-state index is 13.6. The van der Waals surface area contributed by atoms with Crippen molar-refractivity contribution >= 4 is 5.97 Å². The summed E-state index contributed by atoms with van der Waals surface area (Å²) in [6.45, 7) is 13.1. The molecule has 0 atom stereocenters. The van der Waals surface area contributed by atoms with Crippen LogP contribution in [0.25, 0.3) is 0 Å². The van der Waals surface area contributed by atoms with Gasteiger partial charge in [-0.05, 0) is 6.42 Å². The fourth-order valence-corrected chi connectivity index (χ4v) is 5.07. The summed E-state index contributed by atoms with van der Waals surface area (Å²) in [6, 6.07) is 0. The Morgan fingerprint density at radius 3 is 0.810 bits per heavy atom. The molecule has 0 spiro atoms. The molecule has 0 aliphatic heterocycles. The second kappa shape index (κ2) is 45.0. The first-order valence-electron chi connectivity index (χ1n) is 22.1. The number of unbranched alkanes of at least 4 members (excludes halogenated alkanes) is 7. The Hall–Kier alpha value is -2.18. The second-order valence-electron chi connectivity index (χ2n) is 13.6. The highest BCUT2D eigenvalue weighted by Crippen LogP contribution is 2.29. The van der Waals surface area contributed by atoms with Crippen LogP contribution in [0.5, 0.6) is 5.75 Å². The number of hydrogen-bond acceptors (Lipinski definition) is 15. The van der Waals surface area contributed by atoms with Gasteiger partial charge in [0.15, 0.2) is 0 Å². The number of ether oxygens (including phenoxy) is 14. The normalized spacial score (nSPS) is 11.6. The highest BCUT2D eigenvalue weighted by molar-refractivity contribution is 5.72. The summed E-state index contributed by atoms with van der Waals surface area (Å²) in [7, 11) is 0. The van der Waals surface area contributed by atoms with Crippen LogP contribution in [-0.2, 0) is 66.4 Å². The van der Waals surface area contributed by atoms with E-state index in [9.17, 15) is 26.7 Å². The van der Waals surface area contributed by atoms with Gasteiger partial charge in [0.1, 0.15) is 0 Å². The second-order valence-corrected chi connectivity index (χ2v) is 13.6. The quantitative estimate of drug-likeness (QED) is 0.0187. The predicted octanol–water partition coefficient (Wildman–Crippen LogP) is 6.03. The lowest BCUT2D eigenvalue weighted by Gasteiger charge is -2.09. The Balaban J connectivity index is 1.67. The molecule has 1 aromatic carbocycles. The van der Waals surface area contributed by atoms with Crippen LogP contribution in [0.2, 0.25) is 0 Å². The third-order valence-electron chi connectivity index (χ3n) is 8.44. The lowest BCUT2D eigenvalue weighted by Crippen LogP contribution is -2.16. The summed E-state index contributed by atoms with van der Waals surface area (Å²) in [5, 5.41) is 0. The standard InChI is InChI=1S/C43H73F5O15/c1-2-3-4-5-6-7-8-9-11-50-13-15-52-17-19-54-21-23-56-25-27-58-29-31-60-33-35-62-36-34-61-32-30-59-28-26-57-24-22-55-20-18-53-16-14-51-12-10-37(49)63-43-41(47)39(45)38(44)40(46)42(43)48/h2-36H2,1H3. The smallest absolute Gasteiger partial charge is 0.313 e. The van der Waals surface area contributed by atoms with Crippen molar-refractivity contribution in [1.82, 2.24) is 0 Å². The highest BCUT2D eigenvalue weighted by Gasteiger charge is 2.28. The molecule has 20 heteroatoms. The van der Waals surface area contributed by atoms with Gasteiger partial charge < -0.3 is 66.3 Å². The molecule has 0 aliphatic rings. The van der Waals surface area contributed by atoms with Gasteiger partial charge in [0.2, 0.25) is 34.8 Å². The van der Waals surface area contributed by atoms with Crippen molar-refractivity contribution in [2.75, 3.05) is 172 Å². The number of halogens is 5. The fraction of sp³-hybridized carbons (Fsp3) is 0.837. The van der Waals surface area contributed by atoms with Crippen molar-refractivity contribution in [1.29, 1.82) is 0 Å². The van der Waals surface area contributed by atoms with E-state index >= 15 is 0 Å². The lowest BCUT2D eigenvalue weighted by atomic mass is 10.1. The average molecular weight is 925 g/mol. The van der Waals surface area contributed by atoms with Crippen molar-refractivity contribution in [3.63, 3.8) is 0 Å². The van der Waals surface area contributed by atoms with Gasteiger partial charge in [0, 0.05) is 6.61 Å². The Kier molecular flexibility index (Phi) is 42.0. The summed E-state index contributed by atoms with van der Waals surface area (Å²) in [5.74, 6) is -14.1. The van der Waals surface area contributed by atoms with Gasteiger partial charge in [-0.2, -0.15) is 8.78 Å². The zero-order valence-corrected chi connectivity index (χ0v) is 37.3. The molecule has 0 saturated heterocycles. The molecule has 0 saturated carbocycles. The minimum absolute atomic E-state index is 0.0784. The van der Waals surface area contributed by atoms with E-state index < -0.39 is 47.2 Å². The van der Waals surface area contributed by atoms with E-state index in [4.69, 9.17) is 61.6 Å². The first-order valence-corrected chi connectivity index (χ1v) is 22.1. The molecule has 0 aromatic heterocycles. The van der Waals surface area contributed by atoms with Gasteiger partial charge in [-0.25, -0.2) is 13.2 Å². The molecule has 0 fully saturated rings. The molecular formula is C43H73F5O15. The summed E-state index contributed by atoms with van der Waals surface area (Å²) in [6.07, 6.45) is 9.91. The molecule has 1 rings (SSSR count). The zero-order chi connectivity index (χ0) is 45.7. The van der Waals surface area contributed by atoms with E-state index in [0.29, 0.717) is 139 Å². The van der Waals surface area contributed by atoms with Crippen LogP contribution >= 0.6 is 0 Å². The van der Waals surface area contributed by atoms with Crippen LogP contribution in [0.15, 0.2) is 0 Å². The van der Waals surface area contributed by atoms with Crippen molar-refractivity contribution in [3.05, 3.63) is 29.1 Å². The van der Waals surface area contributed by atoms with Crippen LogP contribution in [0, 0.1) is 29.1 Å². The summed E-state index contributed by atoms with van der Waals surface area (Å²) in [4.78, 5) is 11.7. The third kappa shape index (κ3) is 35.7. The van der Waals surface area contributed by atoms with E-state index in [1.807, 2.05) is 0 Å².